The normalized spacial score (nSPS) is 10.8. The Balaban J connectivity index is 1.61. The number of nitrogens with zero attached hydrogens (tertiary/aromatic N) is 2. The third-order valence-corrected chi connectivity index (χ3v) is 5.69. The maximum Gasteiger partial charge on any atom is 0.254 e. The summed E-state index contributed by atoms with van der Waals surface area (Å²) < 4.78 is 0. The number of aromatic nitrogens is 1. The lowest BCUT2D eigenvalue weighted by atomic mass is 10.0. The Labute approximate surface area is 194 Å². The molecule has 2 amide bonds. The van der Waals surface area contributed by atoms with E-state index in [4.69, 9.17) is 4.98 Å². The smallest absolute Gasteiger partial charge is 0.254 e. The summed E-state index contributed by atoms with van der Waals surface area (Å²) in [6.07, 6.45) is 0. The van der Waals surface area contributed by atoms with Gasteiger partial charge in [0.25, 0.3) is 5.91 Å². The van der Waals surface area contributed by atoms with Gasteiger partial charge in [-0.15, -0.1) is 0 Å². The molecule has 1 heterocycles. The number of pyridine rings is 1. The van der Waals surface area contributed by atoms with Gasteiger partial charge < -0.3 is 10.2 Å². The Bertz CT molecular complexity index is 1320. The van der Waals surface area contributed by atoms with Crippen LogP contribution in [0.5, 0.6) is 0 Å². The second kappa shape index (κ2) is 9.25. The van der Waals surface area contributed by atoms with Gasteiger partial charge in [-0.3, -0.25) is 9.59 Å². The van der Waals surface area contributed by atoms with Gasteiger partial charge in [0.05, 0.1) is 23.3 Å². The van der Waals surface area contributed by atoms with Crippen molar-refractivity contribution < 1.29 is 9.59 Å². The van der Waals surface area contributed by atoms with Crippen molar-refractivity contribution in [3.8, 4) is 11.3 Å². The molecule has 0 saturated heterocycles. The van der Waals surface area contributed by atoms with Crippen molar-refractivity contribution in [2.24, 2.45) is 0 Å². The second-order valence-electron chi connectivity index (χ2n) is 8.42. The molecular weight excluding hydrogens is 410 g/mol. The van der Waals surface area contributed by atoms with Crippen LogP contribution in [0.1, 0.15) is 27.0 Å². The summed E-state index contributed by atoms with van der Waals surface area (Å²) in [6.45, 7) is 5.92. The summed E-state index contributed by atoms with van der Waals surface area (Å²) in [4.78, 5) is 32.4. The van der Waals surface area contributed by atoms with Crippen LogP contribution >= 0.6 is 0 Å². The van der Waals surface area contributed by atoms with E-state index in [9.17, 15) is 9.59 Å². The number of likely N-dealkylation sites (N-methyl/N-ethyl adjacent to an activating group) is 1. The SMILES string of the molecule is Cc1cc(C)c(NC(=O)CN(C)C(=O)c2cc(-c3ccccc3)nc3ccccc23)c(C)c1. The molecule has 0 fully saturated rings. The summed E-state index contributed by atoms with van der Waals surface area (Å²) in [7, 11) is 1.65. The fourth-order valence-corrected chi connectivity index (χ4v) is 4.16. The second-order valence-corrected chi connectivity index (χ2v) is 8.42. The van der Waals surface area contributed by atoms with Gasteiger partial charge >= 0.3 is 0 Å². The molecule has 5 heteroatoms. The van der Waals surface area contributed by atoms with E-state index in [0.29, 0.717) is 5.56 Å². The first kappa shape index (κ1) is 22.2. The first-order chi connectivity index (χ1) is 15.8. The molecule has 1 N–H and O–H groups in total. The molecule has 0 aliphatic carbocycles. The van der Waals surface area contributed by atoms with Crippen molar-refractivity contribution in [2.45, 2.75) is 20.8 Å². The van der Waals surface area contributed by atoms with Crippen LogP contribution in [0, 0.1) is 20.8 Å². The summed E-state index contributed by atoms with van der Waals surface area (Å²) >= 11 is 0. The van der Waals surface area contributed by atoms with Gasteiger partial charge in [-0.05, 0) is 44.0 Å². The third kappa shape index (κ3) is 4.77. The first-order valence-electron chi connectivity index (χ1n) is 10.9. The standard InChI is InChI=1S/C28H27N3O2/c1-18-14-19(2)27(20(3)15-18)30-26(32)17-31(4)28(33)23-16-25(21-10-6-5-7-11-21)29-24-13-9-8-12-22(23)24/h5-16H,17H2,1-4H3,(H,30,32). The number of carbonyl (C=O) groups is 2. The zero-order valence-corrected chi connectivity index (χ0v) is 19.3. The molecule has 4 aromatic rings. The minimum atomic E-state index is -0.234. The monoisotopic (exact) mass is 437 g/mol. The van der Waals surface area contributed by atoms with Crippen LogP contribution in [0.3, 0.4) is 0 Å². The van der Waals surface area contributed by atoms with Gasteiger partial charge in [0.15, 0.2) is 0 Å². The molecule has 5 nitrogen and oxygen atoms in total. The van der Waals surface area contributed by atoms with Crippen molar-refractivity contribution in [2.75, 3.05) is 18.9 Å². The van der Waals surface area contributed by atoms with Gasteiger partial charge in [0.1, 0.15) is 0 Å². The van der Waals surface area contributed by atoms with Crippen molar-refractivity contribution in [1.82, 2.24) is 9.88 Å². The molecule has 0 radical (unpaired) electrons. The van der Waals surface area contributed by atoms with Crippen LogP contribution in [0.4, 0.5) is 5.69 Å². The Morgan fingerprint density at radius 1 is 0.879 bits per heavy atom. The molecule has 0 atom stereocenters. The topological polar surface area (TPSA) is 62.3 Å². The van der Waals surface area contributed by atoms with E-state index in [2.05, 4.69) is 5.32 Å². The number of aryl methyl sites for hydroxylation is 3. The number of benzene rings is 3. The first-order valence-corrected chi connectivity index (χ1v) is 10.9. The van der Waals surface area contributed by atoms with E-state index in [0.717, 1.165) is 44.5 Å². The number of para-hydroxylation sites is 1. The van der Waals surface area contributed by atoms with Crippen molar-refractivity contribution in [1.29, 1.82) is 0 Å². The molecular formula is C28H27N3O2. The van der Waals surface area contributed by atoms with Gasteiger partial charge in [-0.2, -0.15) is 0 Å². The molecule has 0 aliphatic rings. The van der Waals surface area contributed by atoms with Crippen molar-refractivity contribution >= 4 is 28.4 Å². The largest absolute Gasteiger partial charge is 0.332 e. The average molecular weight is 438 g/mol. The van der Waals surface area contributed by atoms with Crippen LogP contribution < -0.4 is 5.32 Å². The maximum absolute atomic E-state index is 13.4. The van der Waals surface area contributed by atoms with Crippen molar-refractivity contribution in [3.05, 3.63) is 95.1 Å². The summed E-state index contributed by atoms with van der Waals surface area (Å²) in [5.41, 5.74) is 6.87. The van der Waals surface area contributed by atoms with Crippen LogP contribution in [-0.4, -0.2) is 35.3 Å². The van der Waals surface area contributed by atoms with Crippen LogP contribution in [-0.2, 0) is 4.79 Å². The molecule has 0 unspecified atom stereocenters. The van der Waals surface area contributed by atoms with Crippen LogP contribution in [0.2, 0.25) is 0 Å². The quantitative estimate of drug-likeness (QED) is 0.446. The average Bonchev–Trinajstić information content (AvgIpc) is 2.80. The number of anilines is 1. The third-order valence-electron chi connectivity index (χ3n) is 5.69. The lowest BCUT2D eigenvalue weighted by Gasteiger charge is -2.20. The van der Waals surface area contributed by atoms with E-state index >= 15 is 0 Å². The molecule has 3 aromatic carbocycles. The minimum absolute atomic E-state index is 0.0527. The van der Waals surface area contributed by atoms with Gasteiger partial charge in [-0.25, -0.2) is 4.98 Å². The molecule has 4 rings (SSSR count). The zero-order chi connectivity index (χ0) is 23.5. The number of hydrogen-bond acceptors (Lipinski definition) is 3. The van der Waals surface area contributed by atoms with E-state index < -0.39 is 0 Å². The Morgan fingerprint density at radius 2 is 1.52 bits per heavy atom. The maximum atomic E-state index is 13.4. The number of hydrogen-bond donors (Lipinski definition) is 1. The highest BCUT2D eigenvalue weighted by molar-refractivity contribution is 6.08. The highest BCUT2D eigenvalue weighted by Crippen LogP contribution is 2.26. The Morgan fingerprint density at radius 3 is 2.21 bits per heavy atom. The molecule has 0 spiro atoms. The fourth-order valence-electron chi connectivity index (χ4n) is 4.16. The van der Waals surface area contributed by atoms with Gasteiger partial charge in [-0.1, -0.05) is 66.2 Å². The Kier molecular flexibility index (Phi) is 6.22. The zero-order valence-electron chi connectivity index (χ0n) is 19.3. The lowest BCUT2D eigenvalue weighted by molar-refractivity contribution is -0.116. The highest BCUT2D eigenvalue weighted by atomic mass is 16.2. The molecule has 0 bridgehead atoms. The minimum Gasteiger partial charge on any atom is -0.332 e. The van der Waals surface area contributed by atoms with E-state index in [1.54, 1.807) is 7.05 Å². The molecule has 33 heavy (non-hydrogen) atoms. The summed E-state index contributed by atoms with van der Waals surface area (Å²) in [6, 6.07) is 23.2. The van der Waals surface area contributed by atoms with Crippen LogP contribution in [0.25, 0.3) is 22.2 Å². The molecule has 1 aromatic heterocycles. The molecule has 0 aliphatic heterocycles. The Hall–Kier alpha value is -3.99. The number of carbonyl (C=O) groups excluding carboxylic acids is 2. The van der Waals surface area contributed by atoms with E-state index in [1.807, 2.05) is 93.6 Å². The predicted molar refractivity (Wildman–Crippen MR) is 133 cm³/mol. The summed E-state index contributed by atoms with van der Waals surface area (Å²) in [5.74, 6) is -0.458. The van der Waals surface area contributed by atoms with Crippen molar-refractivity contribution in [3.63, 3.8) is 0 Å². The molecule has 166 valence electrons. The number of nitrogens with one attached hydrogen (secondary N) is 1. The van der Waals surface area contributed by atoms with E-state index in [-0.39, 0.29) is 18.4 Å². The number of rotatable bonds is 5. The highest BCUT2D eigenvalue weighted by Gasteiger charge is 2.20. The summed E-state index contributed by atoms with van der Waals surface area (Å²) in [5, 5.41) is 3.74. The lowest BCUT2D eigenvalue weighted by Crippen LogP contribution is -2.35. The number of amides is 2. The van der Waals surface area contributed by atoms with Crippen LogP contribution in [0.15, 0.2) is 72.8 Å². The van der Waals surface area contributed by atoms with E-state index in [1.165, 1.54) is 4.90 Å². The fraction of sp³-hybridized carbons (Fsp3) is 0.179. The predicted octanol–water partition coefficient (Wildman–Crippen LogP) is 5.54. The van der Waals surface area contributed by atoms with Gasteiger partial charge in [0.2, 0.25) is 5.91 Å². The van der Waals surface area contributed by atoms with Gasteiger partial charge in [0, 0.05) is 23.7 Å². The number of fused-ring (bicyclic) bond motifs is 1. The molecule has 0 saturated carbocycles.